The summed E-state index contributed by atoms with van der Waals surface area (Å²) in [4.78, 5) is 0. The molecule has 0 N–H and O–H groups in total. The molecule has 7 atom stereocenters. The van der Waals surface area contributed by atoms with E-state index in [-0.39, 0.29) is 45.0 Å². The molecule has 10 heteroatoms. The fraction of sp³-hybridized carbons (Fsp3) is 0.902. The summed E-state index contributed by atoms with van der Waals surface area (Å²) in [6, 6.07) is 9.45. The van der Waals surface area contributed by atoms with E-state index in [1.165, 1.54) is 98.8 Å². The first-order chi connectivity index (χ1) is 32.6. The Hall–Kier alpha value is 0.104. The summed E-state index contributed by atoms with van der Waals surface area (Å²) in [5.41, 5.74) is 4.11. The predicted molar refractivity (Wildman–Crippen MR) is 326 cm³/mol. The summed E-state index contributed by atoms with van der Waals surface area (Å²) in [5, 5.41) is 0.283. The van der Waals surface area contributed by atoms with E-state index in [0.29, 0.717) is 17.8 Å². The standard InChI is InChI=1S/C61H122O5Si5/c1-26-69(25,27-2)66-60(18,19)56(64-70(28-3,29-4)30-5)43-40-50(36-34-44-59(16,17)65-71(31-6,32-7)33-8)54-42-41-53-49(37-35-45-61(53,54)20)38-39-51-46-52(62-67(21,22)57(10,11)12)47-55(48(51)9)63-68(23,24)58(13,14)15/h38-39,50,52-56H,9,26-37,40-47H2,1-8,10-25H3/b49-38+,51-39-/t50-,52?,53?,54?,55-,56?,61-/m0/s1. The van der Waals surface area contributed by atoms with Crippen molar-refractivity contribution in [3.05, 3.63) is 35.5 Å². The fourth-order valence-corrected chi connectivity index (χ4v) is 24.1. The largest absolute Gasteiger partial charge is 0.413 e. The Morgan fingerprint density at radius 2 is 1.20 bits per heavy atom. The van der Waals surface area contributed by atoms with Crippen LogP contribution in [0.5, 0.6) is 0 Å². The van der Waals surface area contributed by atoms with Crippen LogP contribution >= 0.6 is 0 Å². The highest BCUT2D eigenvalue weighted by atomic mass is 28.4. The van der Waals surface area contributed by atoms with Crippen molar-refractivity contribution in [1.29, 1.82) is 0 Å². The SMILES string of the molecule is C=C1/C(=C\C=C2/CCC[C@@]3(C)C2CCC3[C@@H](CCCC(C)(C)O[Si](CC)(CC)CC)CCC(O[Si](CC)(CC)CC)C(C)(C)O[Si](C)(CC)CC)CC(O[Si](C)(C)C(C)(C)C)C[C@@H]1O[Si](C)(C)C(C)(C)C. The fourth-order valence-electron chi connectivity index (χ4n) is 13.1. The first-order valence-electron chi connectivity index (χ1n) is 30.1. The summed E-state index contributed by atoms with van der Waals surface area (Å²) >= 11 is 0. The normalized spacial score (nSPS) is 25.8. The molecule has 3 aliphatic carbocycles. The van der Waals surface area contributed by atoms with Gasteiger partial charge in [-0.15, -0.1) is 0 Å². The van der Waals surface area contributed by atoms with Crippen LogP contribution in [0.2, 0.25) is 91.2 Å². The molecule has 0 amide bonds. The summed E-state index contributed by atoms with van der Waals surface area (Å²) < 4.78 is 36.9. The molecule has 0 bridgehead atoms. The second-order valence-corrected chi connectivity index (χ2v) is 51.9. The van der Waals surface area contributed by atoms with Gasteiger partial charge >= 0.3 is 0 Å². The summed E-state index contributed by atoms with van der Waals surface area (Å²) in [5.74, 6) is 1.96. The molecule has 416 valence electrons. The van der Waals surface area contributed by atoms with Gasteiger partial charge in [-0.3, -0.25) is 0 Å². The lowest BCUT2D eigenvalue weighted by Gasteiger charge is -2.47. The maximum atomic E-state index is 7.68. The number of rotatable bonds is 28. The Kier molecular flexibility index (Phi) is 23.7. The molecule has 3 fully saturated rings. The molecule has 5 nitrogen and oxygen atoms in total. The monoisotopic (exact) mass is 1070 g/mol. The number of hydrogen-bond acceptors (Lipinski definition) is 5. The lowest BCUT2D eigenvalue weighted by molar-refractivity contribution is -0.0369. The van der Waals surface area contributed by atoms with Crippen LogP contribution in [-0.2, 0) is 22.1 Å². The average Bonchev–Trinajstić information content (AvgIpc) is 3.64. The Labute approximate surface area is 449 Å². The molecule has 71 heavy (non-hydrogen) atoms. The first-order valence-corrected chi connectivity index (χ1v) is 43.8. The van der Waals surface area contributed by atoms with Crippen LogP contribution in [0.25, 0.3) is 0 Å². The molecule has 0 aromatic rings. The first kappa shape index (κ1) is 65.4. The Bertz CT molecular complexity index is 1710. The van der Waals surface area contributed by atoms with Crippen molar-refractivity contribution in [1.82, 2.24) is 0 Å². The van der Waals surface area contributed by atoms with Gasteiger partial charge in [0, 0.05) is 6.42 Å². The van der Waals surface area contributed by atoms with Crippen molar-refractivity contribution in [3.8, 4) is 0 Å². The molecule has 3 saturated carbocycles. The second kappa shape index (κ2) is 25.7. The molecular formula is C61H122O5Si5. The number of allylic oxidation sites excluding steroid dienone is 3. The molecule has 0 heterocycles. The minimum absolute atomic E-state index is 0.000353. The van der Waals surface area contributed by atoms with Gasteiger partial charge in [0.15, 0.2) is 41.6 Å². The van der Waals surface area contributed by atoms with E-state index >= 15 is 0 Å². The summed E-state index contributed by atoms with van der Waals surface area (Å²) in [6.45, 7) is 62.5. The predicted octanol–water partition coefficient (Wildman–Crippen LogP) is 20.4. The van der Waals surface area contributed by atoms with Gasteiger partial charge in [-0.1, -0.05) is 141 Å². The van der Waals surface area contributed by atoms with E-state index in [0.717, 1.165) is 37.8 Å². The van der Waals surface area contributed by atoms with Crippen molar-refractivity contribution in [2.24, 2.45) is 23.2 Å². The van der Waals surface area contributed by atoms with Gasteiger partial charge in [0.05, 0.1) is 29.5 Å². The van der Waals surface area contributed by atoms with Crippen LogP contribution in [0.4, 0.5) is 0 Å². The molecule has 0 spiro atoms. The van der Waals surface area contributed by atoms with Crippen LogP contribution in [-0.4, -0.2) is 71.1 Å². The summed E-state index contributed by atoms with van der Waals surface area (Å²) in [7, 11) is -9.56. The highest BCUT2D eigenvalue weighted by molar-refractivity contribution is 6.75. The molecule has 3 rings (SSSR count). The molecule has 0 aliphatic heterocycles. The highest BCUT2D eigenvalue weighted by Gasteiger charge is 2.53. The van der Waals surface area contributed by atoms with Crippen molar-refractivity contribution in [2.75, 3.05) is 0 Å². The topological polar surface area (TPSA) is 46.2 Å². The van der Waals surface area contributed by atoms with Crippen LogP contribution in [0.1, 0.15) is 209 Å². The van der Waals surface area contributed by atoms with Crippen molar-refractivity contribution >= 4 is 41.6 Å². The third kappa shape index (κ3) is 16.6. The lowest BCUT2D eigenvalue weighted by Crippen LogP contribution is -2.54. The van der Waals surface area contributed by atoms with Crippen molar-refractivity contribution in [2.45, 2.75) is 329 Å². The van der Waals surface area contributed by atoms with Gasteiger partial charge in [-0.2, -0.15) is 0 Å². The van der Waals surface area contributed by atoms with E-state index in [4.69, 9.17) is 28.7 Å². The van der Waals surface area contributed by atoms with Gasteiger partial charge in [0.2, 0.25) is 0 Å². The third-order valence-electron chi connectivity index (χ3n) is 21.0. The lowest BCUT2D eigenvalue weighted by atomic mass is 9.60. The zero-order chi connectivity index (χ0) is 54.3. The van der Waals surface area contributed by atoms with Crippen LogP contribution in [0, 0.1) is 23.2 Å². The average molecular weight is 1080 g/mol. The maximum absolute atomic E-state index is 7.68. The van der Waals surface area contributed by atoms with E-state index in [2.05, 4.69) is 176 Å². The molecule has 4 unspecified atom stereocenters. The minimum atomic E-state index is -2.05. The molecule has 3 aliphatic rings. The van der Waals surface area contributed by atoms with Crippen molar-refractivity contribution < 1.29 is 22.1 Å². The molecular weight excluding hydrogens is 953 g/mol. The van der Waals surface area contributed by atoms with E-state index in [1.807, 2.05) is 0 Å². The highest BCUT2D eigenvalue weighted by Crippen LogP contribution is 2.61. The smallest absolute Gasteiger partial charge is 0.192 e. The molecule has 0 radical (unpaired) electrons. The Morgan fingerprint density at radius 1 is 0.662 bits per heavy atom. The van der Waals surface area contributed by atoms with Gasteiger partial charge in [0.25, 0.3) is 0 Å². The van der Waals surface area contributed by atoms with Gasteiger partial charge in [0.1, 0.15) is 0 Å². The Morgan fingerprint density at radius 3 is 1.70 bits per heavy atom. The third-order valence-corrected chi connectivity index (χ3v) is 43.6. The molecule has 0 saturated heterocycles. The van der Waals surface area contributed by atoms with E-state index in [1.54, 1.807) is 5.57 Å². The van der Waals surface area contributed by atoms with E-state index < -0.39 is 41.6 Å². The number of fused-ring (bicyclic) bond motifs is 1. The quantitative estimate of drug-likeness (QED) is 0.0731. The van der Waals surface area contributed by atoms with Gasteiger partial charge in [-0.25, -0.2) is 0 Å². The van der Waals surface area contributed by atoms with Gasteiger partial charge in [-0.05, 0) is 211 Å². The zero-order valence-corrected chi connectivity index (χ0v) is 57.0. The second-order valence-electron chi connectivity index (χ2n) is 28.4. The maximum Gasteiger partial charge on any atom is 0.192 e. The van der Waals surface area contributed by atoms with Gasteiger partial charge < -0.3 is 22.1 Å². The van der Waals surface area contributed by atoms with Crippen molar-refractivity contribution in [3.63, 3.8) is 0 Å². The molecule has 0 aromatic carbocycles. The number of hydrogen-bond donors (Lipinski definition) is 0. The van der Waals surface area contributed by atoms with Crippen LogP contribution in [0.15, 0.2) is 35.5 Å². The Balaban J connectivity index is 2.09. The minimum Gasteiger partial charge on any atom is -0.413 e. The van der Waals surface area contributed by atoms with Crippen LogP contribution < -0.4 is 0 Å². The van der Waals surface area contributed by atoms with E-state index in [9.17, 15) is 0 Å². The zero-order valence-electron chi connectivity index (χ0n) is 52.0. The summed E-state index contributed by atoms with van der Waals surface area (Å²) in [6.07, 6.45) is 19.6. The van der Waals surface area contributed by atoms with Crippen LogP contribution in [0.3, 0.4) is 0 Å². The molecule has 0 aromatic heterocycles.